The topological polar surface area (TPSA) is 86.8 Å². The lowest BCUT2D eigenvalue weighted by Gasteiger charge is -2.25. The Labute approximate surface area is 170 Å². The monoisotopic (exact) mass is 412 g/mol. The number of furan rings is 1. The number of hydrogen-bond donors (Lipinski definition) is 1. The summed E-state index contributed by atoms with van der Waals surface area (Å²) < 4.78 is 22.9. The number of halogens is 1. The highest BCUT2D eigenvalue weighted by Gasteiger charge is 2.26. The van der Waals surface area contributed by atoms with Crippen LogP contribution in [0.1, 0.15) is 5.56 Å². The van der Waals surface area contributed by atoms with Gasteiger partial charge in [0.05, 0.1) is 41.4 Å². The van der Waals surface area contributed by atoms with Gasteiger partial charge >= 0.3 is 0 Å². The average Bonchev–Trinajstić information content (AvgIpc) is 3.18. The molecule has 0 unspecified atom stereocenters. The predicted molar refractivity (Wildman–Crippen MR) is 108 cm³/mol. The minimum Gasteiger partial charge on any atom is -0.485 e. The molecule has 0 saturated carbocycles. The Hall–Kier alpha value is -3.03. The number of rotatable bonds is 3. The zero-order valence-corrected chi connectivity index (χ0v) is 16.5. The van der Waals surface area contributed by atoms with Crippen molar-refractivity contribution in [3.63, 3.8) is 0 Å². The van der Waals surface area contributed by atoms with E-state index in [1.54, 1.807) is 19.4 Å². The van der Waals surface area contributed by atoms with Crippen LogP contribution in [0.5, 0.6) is 17.4 Å². The smallest absolute Gasteiger partial charge is 0.232 e. The van der Waals surface area contributed by atoms with Gasteiger partial charge in [0.1, 0.15) is 12.4 Å². The van der Waals surface area contributed by atoms with Gasteiger partial charge in [-0.15, -0.1) is 0 Å². The molecular formula is C21H17ClN2O5. The predicted octanol–water partition coefficient (Wildman–Crippen LogP) is 4.15. The quantitative estimate of drug-likeness (QED) is 0.541. The zero-order chi connectivity index (χ0) is 20.1. The molecule has 0 spiro atoms. The van der Waals surface area contributed by atoms with E-state index in [-0.39, 0.29) is 13.2 Å². The summed E-state index contributed by atoms with van der Waals surface area (Å²) in [6, 6.07) is 7.44. The fourth-order valence-electron chi connectivity index (χ4n) is 3.50. The van der Waals surface area contributed by atoms with Crippen molar-refractivity contribution in [1.82, 2.24) is 9.97 Å². The minimum absolute atomic E-state index is 0.136. The first-order valence-electron chi connectivity index (χ1n) is 9.05. The molecule has 0 amide bonds. The van der Waals surface area contributed by atoms with Crippen molar-refractivity contribution in [3.8, 4) is 28.7 Å². The Morgan fingerprint density at radius 1 is 1.28 bits per heavy atom. The van der Waals surface area contributed by atoms with E-state index in [1.165, 1.54) is 0 Å². The molecule has 0 fully saturated rings. The maximum atomic E-state index is 9.34. The standard InChI is InChI=1S/C21H17ClN2O5/c1-10-3-12(19-15(4-10)24-18(26-2)7-23-19)16-5-13-20(29-16)14(22)6-17-21(13)27-9-11(8-25)28-17/h3-7,11,25H,8-9H2,1-2H3/t11-/m0/s1. The summed E-state index contributed by atoms with van der Waals surface area (Å²) in [5.74, 6) is 2.07. The highest BCUT2D eigenvalue weighted by molar-refractivity contribution is 6.35. The van der Waals surface area contributed by atoms with Crippen LogP contribution in [0.3, 0.4) is 0 Å². The number of benzene rings is 2. The van der Waals surface area contributed by atoms with Crippen molar-refractivity contribution in [2.24, 2.45) is 0 Å². The summed E-state index contributed by atoms with van der Waals surface area (Å²) in [5.41, 5.74) is 3.70. The number of nitrogens with zero attached hydrogens (tertiary/aromatic N) is 2. The molecule has 3 heterocycles. The van der Waals surface area contributed by atoms with Gasteiger partial charge in [-0.2, -0.15) is 0 Å². The molecule has 29 heavy (non-hydrogen) atoms. The Kier molecular flexibility index (Phi) is 4.22. The first kappa shape index (κ1) is 18.0. The Morgan fingerprint density at radius 2 is 2.14 bits per heavy atom. The molecule has 0 radical (unpaired) electrons. The van der Waals surface area contributed by atoms with E-state index in [1.807, 2.05) is 25.1 Å². The molecule has 2 aromatic heterocycles. The maximum Gasteiger partial charge on any atom is 0.232 e. The molecule has 7 nitrogen and oxygen atoms in total. The van der Waals surface area contributed by atoms with E-state index in [9.17, 15) is 5.11 Å². The fraction of sp³-hybridized carbons (Fsp3) is 0.238. The van der Waals surface area contributed by atoms with Crippen LogP contribution in [0, 0.1) is 6.92 Å². The highest BCUT2D eigenvalue weighted by atomic mass is 35.5. The first-order valence-corrected chi connectivity index (χ1v) is 9.43. The fourth-order valence-corrected chi connectivity index (χ4v) is 3.74. The zero-order valence-electron chi connectivity index (χ0n) is 15.7. The molecule has 0 bridgehead atoms. The van der Waals surface area contributed by atoms with Crippen molar-refractivity contribution in [2.45, 2.75) is 13.0 Å². The van der Waals surface area contributed by atoms with Crippen LogP contribution >= 0.6 is 11.6 Å². The minimum atomic E-state index is -0.423. The molecule has 148 valence electrons. The van der Waals surface area contributed by atoms with Crippen LogP contribution < -0.4 is 14.2 Å². The van der Waals surface area contributed by atoms with Crippen molar-refractivity contribution in [2.75, 3.05) is 20.3 Å². The lowest BCUT2D eigenvalue weighted by molar-refractivity contribution is 0.0467. The largest absolute Gasteiger partial charge is 0.485 e. The third-order valence-electron chi connectivity index (χ3n) is 4.83. The number of methoxy groups -OCH3 is 1. The average molecular weight is 413 g/mol. The van der Waals surface area contributed by atoms with E-state index < -0.39 is 6.10 Å². The Balaban J connectivity index is 1.72. The van der Waals surface area contributed by atoms with Crippen LogP contribution in [0.2, 0.25) is 5.02 Å². The summed E-state index contributed by atoms with van der Waals surface area (Å²) in [5, 5.41) is 10.4. The summed E-state index contributed by atoms with van der Waals surface area (Å²) in [7, 11) is 1.56. The number of fused-ring (bicyclic) bond motifs is 4. The number of aliphatic hydroxyl groups is 1. The number of aliphatic hydroxyl groups excluding tert-OH is 1. The van der Waals surface area contributed by atoms with Gasteiger partial charge in [0.25, 0.3) is 0 Å². The van der Waals surface area contributed by atoms with Crippen LogP contribution in [-0.2, 0) is 0 Å². The number of ether oxygens (including phenoxy) is 3. The summed E-state index contributed by atoms with van der Waals surface area (Å²) in [6.45, 7) is 2.09. The second kappa shape index (κ2) is 6.79. The molecule has 1 N–H and O–H groups in total. The molecule has 2 aromatic carbocycles. The van der Waals surface area contributed by atoms with Gasteiger partial charge < -0.3 is 23.7 Å². The van der Waals surface area contributed by atoms with E-state index in [2.05, 4.69) is 9.97 Å². The van der Waals surface area contributed by atoms with Gasteiger partial charge in [0, 0.05) is 11.6 Å². The Morgan fingerprint density at radius 3 is 2.93 bits per heavy atom. The van der Waals surface area contributed by atoms with Crippen molar-refractivity contribution < 1.29 is 23.7 Å². The molecule has 8 heteroatoms. The molecule has 4 aromatic rings. The Bertz CT molecular complexity index is 1250. The van der Waals surface area contributed by atoms with Gasteiger partial charge in [-0.25, -0.2) is 9.97 Å². The lowest BCUT2D eigenvalue weighted by atomic mass is 10.1. The van der Waals surface area contributed by atoms with Crippen molar-refractivity contribution >= 4 is 33.6 Å². The summed E-state index contributed by atoms with van der Waals surface area (Å²) in [6.07, 6.45) is 1.15. The van der Waals surface area contributed by atoms with Gasteiger partial charge in [0.15, 0.2) is 23.2 Å². The van der Waals surface area contributed by atoms with Crippen LogP contribution in [0.25, 0.3) is 33.3 Å². The van der Waals surface area contributed by atoms with Crippen LogP contribution in [-0.4, -0.2) is 41.5 Å². The van der Waals surface area contributed by atoms with Gasteiger partial charge in [-0.05, 0) is 30.7 Å². The van der Waals surface area contributed by atoms with Crippen LogP contribution in [0.15, 0.2) is 34.9 Å². The van der Waals surface area contributed by atoms with E-state index in [4.69, 9.17) is 30.2 Å². The molecule has 1 aliphatic rings. The van der Waals surface area contributed by atoms with E-state index in [0.29, 0.717) is 50.2 Å². The molecule has 0 aliphatic carbocycles. The van der Waals surface area contributed by atoms with E-state index >= 15 is 0 Å². The lowest BCUT2D eigenvalue weighted by Crippen LogP contribution is -2.32. The number of aryl methyl sites for hydroxylation is 1. The van der Waals surface area contributed by atoms with E-state index in [0.717, 1.165) is 11.1 Å². The third-order valence-corrected chi connectivity index (χ3v) is 5.11. The van der Waals surface area contributed by atoms with Crippen molar-refractivity contribution in [1.29, 1.82) is 0 Å². The normalized spacial score (nSPS) is 15.8. The van der Waals surface area contributed by atoms with Gasteiger partial charge in [-0.1, -0.05) is 11.6 Å². The molecule has 1 aliphatic heterocycles. The third kappa shape index (κ3) is 2.94. The summed E-state index contributed by atoms with van der Waals surface area (Å²) >= 11 is 6.44. The molecule has 0 saturated heterocycles. The van der Waals surface area contributed by atoms with Crippen molar-refractivity contribution in [3.05, 3.63) is 41.0 Å². The van der Waals surface area contributed by atoms with Gasteiger partial charge in [0.2, 0.25) is 5.88 Å². The maximum absolute atomic E-state index is 9.34. The number of aromatic nitrogens is 2. The highest BCUT2D eigenvalue weighted by Crippen LogP contribution is 2.46. The first-order chi connectivity index (χ1) is 14.1. The summed E-state index contributed by atoms with van der Waals surface area (Å²) in [4.78, 5) is 8.99. The molecular weight excluding hydrogens is 396 g/mol. The van der Waals surface area contributed by atoms with Crippen LogP contribution in [0.4, 0.5) is 0 Å². The van der Waals surface area contributed by atoms with Gasteiger partial charge in [-0.3, -0.25) is 0 Å². The second-order valence-corrected chi connectivity index (χ2v) is 7.27. The number of hydrogen-bond acceptors (Lipinski definition) is 7. The molecule has 5 rings (SSSR count). The second-order valence-electron chi connectivity index (χ2n) is 6.87. The SMILES string of the molecule is COc1cnc2c(-c3cc4c5c(cc(Cl)c4o3)O[C@@H](CO)CO5)cc(C)cc2n1. The molecule has 1 atom stereocenters.